The number of carbonyl (C=O) groups is 2. The van der Waals surface area contributed by atoms with Crippen molar-refractivity contribution in [1.29, 1.82) is 0 Å². The molecule has 4 nitrogen and oxygen atoms in total. The van der Waals surface area contributed by atoms with Crippen LogP contribution in [-0.4, -0.2) is 23.1 Å². The molecular formula is C16H28O4. The van der Waals surface area contributed by atoms with Crippen LogP contribution >= 0.6 is 0 Å². The van der Waals surface area contributed by atoms with Crippen LogP contribution in [0.25, 0.3) is 0 Å². The number of carbonyl (C=O) groups excluding carboxylic acids is 1. The molecule has 0 heterocycles. The highest BCUT2D eigenvalue weighted by atomic mass is 16.5. The summed E-state index contributed by atoms with van der Waals surface area (Å²) >= 11 is 0. The van der Waals surface area contributed by atoms with E-state index in [4.69, 9.17) is 9.84 Å². The van der Waals surface area contributed by atoms with Gasteiger partial charge in [-0.15, -0.1) is 0 Å². The molecule has 0 saturated heterocycles. The lowest BCUT2D eigenvalue weighted by molar-refractivity contribution is -0.156. The van der Waals surface area contributed by atoms with E-state index >= 15 is 0 Å². The fourth-order valence-corrected chi connectivity index (χ4v) is 2.80. The lowest BCUT2D eigenvalue weighted by Gasteiger charge is -2.26. The molecule has 0 spiro atoms. The molecule has 0 radical (unpaired) electrons. The number of ether oxygens (including phenoxy) is 1. The Labute approximate surface area is 121 Å². The van der Waals surface area contributed by atoms with Crippen LogP contribution in [-0.2, 0) is 14.3 Å². The zero-order valence-corrected chi connectivity index (χ0v) is 12.9. The number of carboxylic acid groups (broad SMARTS) is 1. The lowest BCUT2D eigenvalue weighted by atomic mass is 9.81. The second-order valence-corrected chi connectivity index (χ2v) is 6.47. The summed E-state index contributed by atoms with van der Waals surface area (Å²) in [7, 11) is 0. The van der Waals surface area contributed by atoms with Crippen LogP contribution in [0.3, 0.4) is 0 Å². The standard InChI is InChI=1S/C16H28O4/c1-11(2)6-4-7-12(3)20-16(19)14-9-5-8-13(10-14)15(17)18/h11-14H,4-10H2,1-3H3,(H,17,18). The van der Waals surface area contributed by atoms with Crippen molar-refractivity contribution in [2.75, 3.05) is 0 Å². The van der Waals surface area contributed by atoms with Gasteiger partial charge in [-0.2, -0.15) is 0 Å². The average molecular weight is 284 g/mol. The summed E-state index contributed by atoms with van der Waals surface area (Å²) in [6.07, 6.45) is 5.72. The predicted molar refractivity (Wildman–Crippen MR) is 77.3 cm³/mol. The topological polar surface area (TPSA) is 63.6 Å². The van der Waals surface area contributed by atoms with Crippen LogP contribution in [0.15, 0.2) is 0 Å². The third-order valence-corrected chi connectivity index (χ3v) is 4.07. The van der Waals surface area contributed by atoms with Gasteiger partial charge in [0.2, 0.25) is 0 Å². The van der Waals surface area contributed by atoms with E-state index in [1.807, 2.05) is 6.92 Å². The normalized spacial score (nSPS) is 24.4. The molecule has 116 valence electrons. The van der Waals surface area contributed by atoms with Crippen molar-refractivity contribution in [2.45, 2.75) is 71.8 Å². The number of esters is 1. The molecule has 1 aliphatic rings. The lowest BCUT2D eigenvalue weighted by Crippen LogP contribution is -2.30. The van der Waals surface area contributed by atoms with Gasteiger partial charge in [0.15, 0.2) is 0 Å². The zero-order chi connectivity index (χ0) is 15.1. The molecule has 20 heavy (non-hydrogen) atoms. The van der Waals surface area contributed by atoms with Crippen molar-refractivity contribution in [3.8, 4) is 0 Å². The summed E-state index contributed by atoms with van der Waals surface area (Å²) in [6, 6.07) is 0. The van der Waals surface area contributed by atoms with Crippen LogP contribution < -0.4 is 0 Å². The summed E-state index contributed by atoms with van der Waals surface area (Å²) in [5.41, 5.74) is 0. The molecule has 0 amide bonds. The van der Waals surface area contributed by atoms with Gasteiger partial charge in [-0.1, -0.05) is 26.7 Å². The van der Waals surface area contributed by atoms with E-state index in [1.54, 1.807) is 0 Å². The Balaban J connectivity index is 2.32. The smallest absolute Gasteiger partial charge is 0.309 e. The highest BCUT2D eigenvalue weighted by Gasteiger charge is 2.32. The molecule has 3 atom stereocenters. The first kappa shape index (κ1) is 17.0. The number of rotatable bonds is 7. The molecule has 1 aliphatic carbocycles. The Kier molecular flexibility index (Phi) is 7.03. The third-order valence-electron chi connectivity index (χ3n) is 4.07. The van der Waals surface area contributed by atoms with Gasteiger partial charge >= 0.3 is 11.9 Å². The van der Waals surface area contributed by atoms with Crippen LogP contribution in [0.5, 0.6) is 0 Å². The largest absolute Gasteiger partial charge is 0.481 e. The maximum atomic E-state index is 12.1. The van der Waals surface area contributed by atoms with Gasteiger partial charge in [-0.05, 0) is 44.9 Å². The van der Waals surface area contributed by atoms with E-state index < -0.39 is 5.97 Å². The number of carboxylic acids is 1. The molecule has 3 unspecified atom stereocenters. The number of hydrogen-bond donors (Lipinski definition) is 1. The van der Waals surface area contributed by atoms with Crippen LogP contribution in [0.2, 0.25) is 0 Å². The van der Waals surface area contributed by atoms with E-state index in [0.717, 1.165) is 32.1 Å². The van der Waals surface area contributed by atoms with E-state index in [1.165, 1.54) is 0 Å². The highest BCUT2D eigenvalue weighted by Crippen LogP contribution is 2.30. The maximum Gasteiger partial charge on any atom is 0.309 e. The van der Waals surface area contributed by atoms with Crippen LogP contribution in [0.4, 0.5) is 0 Å². The zero-order valence-electron chi connectivity index (χ0n) is 12.9. The van der Waals surface area contributed by atoms with Crippen LogP contribution in [0, 0.1) is 17.8 Å². The van der Waals surface area contributed by atoms with Gasteiger partial charge < -0.3 is 9.84 Å². The van der Waals surface area contributed by atoms with Crippen LogP contribution in [0.1, 0.15) is 65.7 Å². The Morgan fingerprint density at radius 3 is 2.40 bits per heavy atom. The number of hydrogen-bond acceptors (Lipinski definition) is 3. The molecule has 4 heteroatoms. The van der Waals surface area contributed by atoms with E-state index in [-0.39, 0.29) is 23.9 Å². The Hall–Kier alpha value is -1.06. The van der Waals surface area contributed by atoms with Crippen molar-refractivity contribution in [2.24, 2.45) is 17.8 Å². The summed E-state index contributed by atoms with van der Waals surface area (Å²) < 4.78 is 5.47. The van der Waals surface area contributed by atoms with Crippen molar-refractivity contribution in [3.63, 3.8) is 0 Å². The molecule has 0 aromatic heterocycles. The summed E-state index contributed by atoms with van der Waals surface area (Å²) in [4.78, 5) is 23.1. The summed E-state index contributed by atoms with van der Waals surface area (Å²) in [5, 5.41) is 9.04. The molecule has 0 bridgehead atoms. The second kappa shape index (κ2) is 8.28. The van der Waals surface area contributed by atoms with Gasteiger partial charge in [0.05, 0.1) is 17.9 Å². The maximum absolute atomic E-state index is 12.1. The first-order valence-electron chi connectivity index (χ1n) is 7.83. The molecule has 1 fully saturated rings. The molecule has 1 N–H and O–H groups in total. The van der Waals surface area contributed by atoms with E-state index in [0.29, 0.717) is 18.8 Å². The minimum atomic E-state index is -0.785. The Morgan fingerprint density at radius 2 is 1.80 bits per heavy atom. The fourth-order valence-electron chi connectivity index (χ4n) is 2.80. The Morgan fingerprint density at radius 1 is 1.15 bits per heavy atom. The van der Waals surface area contributed by atoms with Crippen molar-refractivity contribution in [3.05, 3.63) is 0 Å². The second-order valence-electron chi connectivity index (χ2n) is 6.47. The van der Waals surface area contributed by atoms with E-state index in [2.05, 4.69) is 13.8 Å². The number of aliphatic carboxylic acids is 1. The SMILES string of the molecule is CC(C)CCCC(C)OC(=O)C1CCCC(C(=O)O)C1. The van der Waals surface area contributed by atoms with E-state index in [9.17, 15) is 9.59 Å². The minimum Gasteiger partial charge on any atom is -0.481 e. The van der Waals surface area contributed by atoms with Crippen molar-refractivity contribution in [1.82, 2.24) is 0 Å². The highest BCUT2D eigenvalue weighted by molar-refractivity contribution is 5.75. The molecule has 1 rings (SSSR count). The molecule has 0 aromatic rings. The molecule has 1 saturated carbocycles. The first-order valence-corrected chi connectivity index (χ1v) is 7.83. The predicted octanol–water partition coefficient (Wildman–Crippen LogP) is 3.64. The molecule has 0 aromatic carbocycles. The molecular weight excluding hydrogens is 256 g/mol. The summed E-state index contributed by atoms with van der Waals surface area (Å²) in [5.74, 6) is -0.914. The van der Waals surface area contributed by atoms with Crippen molar-refractivity contribution >= 4 is 11.9 Å². The Bertz CT molecular complexity index is 324. The molecule has 0 aliphatic heterocycles. The van der Waals surface area contributed by atoms with Gasteiger partial charge in [0.1, 0.15) is 0 Å². The fraction of sp³-hybridized carbons (Fsp3) is 0.875. The van der Waals surface area contributed by atoms with Gasteiger partial charge in [0, 0.05) is 0 Å². The quantitative estimate of drug-likeness (QED) is 0.725. The van der Waals surface area contributed by atoms with Gasteiger partial charge in [0.25, 0.3) is 0 Å². The third kappa shape index (κ3) is 5.93. The minimum absolute atomic E-state index is 0.0635. The average Bonchev–Trinajstić information content (AvgIpc) is 2.38. The monoisotopic (exact) mass is 284 g/mol. The summed E-state index contributed by atoms with van der Waals surface area (Å²) in [6.45, 7) is 6.30. The van der Waals surface area contributed by atoms with Gasteiger partial charge in [-0.25, -0.2) is 0 Å². The van der Waals surface area contributed by atoms with Gasteiger partial charge in [-0.3, -0.25) is 9.59 Å². The van der Waals surface area contributed by atoms with Crippen molar-refractivity contribution < 1.29 is 19.4 Å². The first-order chi connectivity index (χ1) is 9.40.